The zero-order valence-corrected chi connectivity index (χ0v) is 16.9. The molecule has 2 aromatic carbocycles. The van der Waals surface area contributed by atoms with Crippen LogP contribution < -0.4 is 11.1 Å². The molecule has 170 valence electrons. The Morgan fingerprint density at radius 1 is 1.27 bits per heavy atom. The van der Waals surface area contributed by atoms with Crippen molar-refractivity contribution in [2.24, 2.45) is 5.73 Å². The minimum atomic E-state index is -4.79. The first-order chi connectivity index (χ1) is 15.6. The SMILES string of the molecule is N#Cc1cc(NC(=O)[C@@H]2c3ccccc3C(=O)N(CC(F)(F)F)[C@H]2/C(C=N)=C/N)ccc1F. The highest BCUT2D eigenvalue weighted by Crippen LogP contribution is 2.38. The van der Waals surface area contributed by atoms with E-state index in [1.165, 1.54) is 30.3 Å². The standard InChI is InChI=1S/C22H17F4N5O2/c23-17-6-5-14(7-12(17)8-27)30-20(32)18-15-3-1-2-4-16(15)21(33)31(11-22(24,25)26)19(18)13(9-28)10-29/h1-7,9-10,18-19,28H,11,29H2,(H,30,32)/b13-10+,28-9?/t18-,19+/m1/s1. The van der Waals surface area contributed by atoms with Gasteiger partial charge in [0.1, 0.15) is 18.4 Å². The maximum absolute atomic E-state index is 13.6. The Morgan fingerprint density at radius 2 is 1.97 bits per heavy atom. The summed E-state index contributed by atoms with van der Waals surface area (Å²) >= 11 is 0. The van der Waals surface area contributed by atoms with Gasteiger partial charge in [-0.3, -0.25) is 9.59 Å². The second-order valence-electron chi connectivity index (χ2n) is 7.16. The van der Waals surface area contributed by atoms with Crippen molar-refractivity contribution >= 4 is 23.7 Å². The lowest BCUT2D eigenvalue weighted by Gasteiger charge is -2.42. The van der Waals surface area contributed by atoms with Gasteiger partial charge >= 0.3 is 6.18 Å². The minimum Gasteiger partial charge on any atom is -0.404 e. The molecule has 0 radical (unpaired) electrons. The maximum atomic E-state index is 13.6. The molecule has 0 saturated carbocycles. The van der Waals surface area contributed by atoms with Gasteiger partial charge in [-0.25, -0.2) is 4.39 Å². The number of nitrogens with zero attached hydrogens (tertiary/aromatic N) is 2. The number of halogens is 4. The normalized spacial score (nSPS) is 18.3. The van der Waals surface area contributed by atoms with Crippen LogP contribution in [0.1, 0.15) is 27.4 Å². The van der Waals surface area contributed by atoms with Crippen LogP contribution in [0.3, 0.4) is 0 Å². The smallest absolute Gasteiger partial charge is 0.404 e. The lowest BCUT2D eigenvalue weighted by molar-refractivity contribution is -0.146. The average molecular weight is 459 g/mol. The molecule has 7 nitrogen and oxygen atoms in total. The van der Waals surface area contributed by atoms with Crippen LogP contribution in [0.2, 0.25) is 0 Å². The molecule has 1 heterocycles. The Balaban J connectivity index is 2.15. The Kier molecular flexibility index (Phi) is 6.48. The number of anilines is 1. The maximum Gasteiger partial charge on any atom is 0.406 e. The first-order valence-electron chi connectivity index (χ1n) is 9.50. The van der Waals surface area contributed by atoms with Crippen molar-refractivity contribution in [2.45, 2.75) is 18.1 Å². The molecule has 2 aromatic rings. The molecule has 11 heteroatoms. The van der Waals surface area contributed by atoms with E-state index in [2.05, 4.69) is 5.32 Å². The average Bonchev–Trinajstić information content (AvgIpc) is 2.77. The molecule has 0 fully saturated rings. The molecule has 0 spiro atoms. The Bertz CT molecular complexity index is 1190. The number of amides is 2. The van der Waals surface area contributed by atoms with Crippen molar-refractivity contribution in [1.29, 1.82) is 10.7 Å². The molecule has 4 N–H and O–H groups in total. The molecule has 1 aliphatic heterocycles. The highest BCUT2D eigenvalue weighted by atomic mass is 19.4. The highest BCUT2D eigenvalue weighted by Gasteiger charge is 2.48. The van der Waals surface area contributed by atoms with Gasteiger partial charge in [0.2, 0.25) is 5.91 Å². The number of nitriles is 1. The van der Waals surface area contributed by atoms with Gasteiger partial charge in [0, 0.05) is 29.2 Å². The van der Waals surface area contributed by atoms with Crippen LogP contribution in [0.5, 0.6) is 0 Å². The van der Waals surface area contributed by atoms with Gasteiger partial charge in [-0.05, 0) is 29.8 Å². The number of fused-ring (bicyclic) bond motifs is 1. The summed E-state index contributed by atoms with van der Waals surface area (Å²) in [7, 11) is 0. The van der Waals surface area contributed by atoms with Gasteiger partial charge in [0.15, 0.2) is 0 Å². The van der Waals surface area contributed by atoms with Crippen LogP contribution in [0, 0.1) is 22.6 Å². The summed E-state index contributed by atoms with van der Waals surface area (Å²) < 4.78 is 53.7. The topological polar surface area (TPSA) is 123 Å². The quantitative estimate of drug-likeness (QED) is 0.469. The largest absolute Gasteiger partial charge is 0.406 e. The van der Waals surface area contributed by atoms with Crippen LogP contribution in [-0.4, -0.2) is 41.7 Å². The number of hydrogen-bond donors (Lipinski definition) is 3. The molecule has 0 aromatic heterocycles. The van der Waals surface area contributed by atoms with Crippen molar-refractivity contribution in [1.82, 2.24) is 4.90 Å². The lowest BCUT2D eigenvalue weighted by atomic mass is 9.79. The number of hydrogen-bond acceptors (Lipinski definition) is 5. The number of benzene rings is 2. The van der Waals surface area contributed by atoms with Gasteiger partial charge in [0.25, 0.3) is 5.91 Å². The van der Waals surface area contributed by atoms with E-state index in [1.807, 2.05) is 0 Å². The third kappa shape index (κ3) is 4.69. The molecule has 0 bridgehead atoms. The van der Waals surface area contributed by atoms with Crippen LogP contribution >= 0.6 is 0 Å². The van der Waals surface area contributed by atoms with Crippen molar-refractivity contribution in [3.63, 3.8) is 0 Å². The summed E-state index contributed by atoms with van der Waals surface area (Å²) in [6.07, 6.45) is -3.24. The van der Waals surface area contributed by atoms with Crippen LogP contribution in [0.15, 0.2) is 54.2 Å². The molecule has 0 unspecified atom stereocenters. The van der Waals surface area contributed by atoms with Crippen molar-refractivity contribution in [3.8, 4) is 6.07 Å². The van der Waals surface area contributed by atoms with Crippen LogP contribution in [0.4, 0.5) is 23.2 Å². The van der Waals surface area contributed by atoms with E-state index in [4.69, 9.17) is 16.4 Å². The molecule has 33 heavy (non-hydrogen) atoms. The van der Waals surface area contributed by atoms with Crippen molar-refractivity contribution in [2.75, 3.05) is 11.9 Å². The molecule has 1 aliphatic rings. The highest BCUT2D eigenvalue weighted by molar-refractivity contribution is 6.06. The first-order valence-corrected chi connectivity index (χ1v) is 9.50. The molecule has 0 aliphatic carbocycles. The molecule has 2 atom stereocenters. The molecular weight excluding hydrogens is 442 g/mol. The predicted octanol–water partition coefficient (Wildman–Crippen LogP) is 3.30. The van der Waals surface area contributed by atoms with Gasteiger partial charge in [0.05, 0.1) is 17.5 Å². The third-order valence-electron chi connectivity index (χ3n) is 5.13. The van der Waals surface area contributed by atoms with E-state index >= 15 is 0 Å². The molecular formula is C22H17F4N5O2. The number of nitrogens with one attached hydrogen (secondary N) is 2. The molecule has 3 rings (SSSR count). The molecule has 2 amide bonds. The van der Waals surface area contributed by atoms with E-state index in [9.17, 15) is 27.2 Å². The van der Waals surface area contributed by atoms with E-state index < -0.39 is 42.3 Å². The summed E-state index contributed by atoms with van der Waals surface area (Å²) in [4.78, 5) is 26.8. The zero-order valence-electron chi connectivity index (χ0n) is 16.9. The van der Waals surface area contributed by atoms with E-state index in [0.717, 1.165) is 18.3 Å². The Hall–Kier alpha value is -4.20. The van der Waals surface area contributed by atoms with E-state index in [-0.39, 0.29) is 28.0 Å². The van der Waals surface area contributed by atoms with Crippen LogP contribution in [-0.2, 0) is 4.79 Å². The monoisotopic (exact) mass is 459 g/mol. The number of rotatable bonds is 5. The van der Waals surface area contributed by atoms with Crippen molar-refractivity contribution < 1.29 is 27.2 Å². The van der Waals surface area contributed by atoms with Gasteiger partial charge in [-0.15, -0.1) is 0 Å². The van der Waals surface area contributed by atoms with Gasteiger partial charge < -0.3 is 21.4 Å². The second kappa shape index (κ2) is 9.12. The van der Waals surface area contributed by atoms with Crippen molar-refractivity contribution in [3.05, 3.63) is 76.7 Å². The van der Waals surface area contributed by atoms with Gasteiger partial charge in [-0.1, -0.05) is 18.2 Å². The fourth-order valence-electron chi connectivity index (χ4n) is 3.76. The van der Waals surface area contributed by atoms with E-state index in [1.54, 1.807) is 6.07 Å². The summed E-state index contributed by atoms with van der Waals surface area (Å²) in [6.45, 7) is -1.67. The number of carbonyl (C=O) groups excluding carboxylic acids is 2. The second-order valence-corrected chi connectivity index (χ2v) is 7.16. The fraction of sp³-hybridized carbons (Fsp3) is 0.182. The number of nitrogens with two attached hydrogens (primary N) is 1. The third-order valence-corrected chi connectivity index (χ3v) is 5.13. The Labute approximate surface area is 185 Å². The summed E-state index contributed by atoms with van der Waals surface area (Å²) in [5, 5.41) is 19.1. The van der Waals surface area contributed by atoms with Crippen LogP contribution in [0.25, 0.3) is 0 Å². The fourth-order valence-corrected chi connectivity index (χ4v) is 3.76. The zero-order chi connectivity index (χ0) is 24.3. The predicted molar refractivity (Wildman–Crippen MR) is 111 cm³/mol. The molecule has 0 saturated heterocycles. The van der Waals surface area contributed by atoms with Gasteiger partial charge in [-0.2, -0.15) is 18.4 Å². The summed E-state index contributed by atoms with van der Waals surface area (Å²) in [5.74, 6) is -3.99. The Morgan fingerprint density at radius 3 is 2.58 bits per heavy atom. The first kappa shape index (κ1) is 23.5. The summed E-state index contributed by atoms with van der Waals surface area (Å²) in [5.41, 5.74) is 5.08. The minimum absolute atomic E-state index is 0.0292. The lowest BCUT2D eigenvalue weighted by Crippen LogP contribution is -2.55. The number of alkyl halides is 3. The van der Waals surface area contributed by atoms with E-state index in [0.29, 0.717) is 11.1 Å². The summed E-state index contributed by atoms with van der Waals surface area (Å²) in [6, 6.07) is 9.02. The number of carbonyl (C=O) groups is 2.